The highest BCUT2D eigenvalue weighted by atomic mass is 35.5. The van der Waals surface area contributed by atoms with Crippen molar-refractivity contribution >= 4 is 17.6 Å². The van der Waals surface area contributed by atoms with E-state index in [1.807, 2.05) is 24.3 Å². The van der Waals surface area contributed by atoms with E-state index in [0.717, 1.165) is 23.1 Å². The summed E-state index contributed by atoms with van der Waals surface area (Å²) in [6.45, 7) is 3.61. The molecule has 2 N–H and O–H groups in total. The van der Waals surface area contributed by atoms with Gasteiger partial charge in [-0.15, -0.1) is 0 Å². The SMILES string of the molecule is CCNC(=NCc1cccc(Cl)c1)NC1CC1. The lowest BCUT2D eigenvalue weighted by atomic mass is 10.2. The molecule has 0 aliphatic heterocycles. The van der Waals surface area contributed by atoms with Crippen molar-refractivity contribution in [3.8, 4) is 0 Å². The first-order valence-corrected chi connectivity index (χ1v) is 6.45. The first-order valence-electron chi connectivity index (χ1n) is 6.07. The summed E-state index contributed by atoms with van der Waals surface area (Å²) in [5, 5.41) is 7.39. The topological polar surface area (TPSA) is 36.4 Å². The first-order chi connectivity index (χ1) is 8.28. The lowest BCUT2D eigenvalue weighted by Crippen LogP contribution is -2.38. The molecule has 1 aliphatic carbocycles. The van der Waals surface area contributed by atoms with Crippen molar-refractivity contribution in [2.45, 2.75) is 32.4 Å². The Morgan fingerprint density at radius 3 is 2.94 bits per heavy atom. The zero-order valence-electron chi connectivity index (χ0n) is 10.0. The van der Waals surface area contributed by atoms with Gasteiger partial charge in [-0.1, -0.05) is 23.7 Å². The Labute approximate surface area is 107 Å². The summed E-state index contributed by atoms with van der Waals surface area (Å²) in [5.74, 6) is 0.898. The van der Waals surface area contributed by atoms with E-state index >= 15 is 0 Å². The molecule has 1 aromatic rings. The highest BCUT2D eigenvalue weighted by Gasteiger charge is 2.21. The number of hydrogen-bond acceptors (Lipinski definition) is 1. The van der Waals surface area contributed by atoms with Gasteiger partial charge in [0.2, 0.25) is 0 Å². The van der Waals surface area contributed by atoms with Gasteiger partial charge in [0.15, 0.2) is 5.96 Å². The van der Waals surface area contributed by atoms with Crippen LogP contribution in [0.1, 0.15) is 25.3 Å². The van der Waals surface area contributed by atoms with Gasteiger partial charge in [0.05, 0.1) is 6.54 Å². The van der Waals surface area contributed by atoms with E-state index in [-0.39, 0.29) is 0 Å². The van der Waals surface area contributed by atoms with Crippen molar-refractivity contribution in [2.75, 3.05) is 6.54 Å². The Kier molecular flexibility index (Phi) is 4.26. The summed E-state index contributed by atoms with van der Waals surface area (Å²) in [7, 11) is 0. The number of nitrogens with zero attached hydrogens (tertiary/aromatic N) is 1. The fourth-order valence-corrected chi connectivity index (χ4v) is 1.76. The molecule has 1 saturated carbocycles. The molecule has 0 heterocycles. The van der Waals surface area contributed by atoms with Crippen molar-refractivity contribution in [1.82, 2.24) is 10.6 Å². The zero-order valence-corrected chi connectivity index (χ0v) is 10.8. The smallest absolute Gasteiger partial charge is 0.191 e. The van der Waals surface area contributed by atoms with Crippen LogP contribution in [0.2, 0.25) is 5.02 Å². The number of rotatable bonds is 4. The van der Waals surface area contributed by atoms with Crippen molar-refractivity contribution in [3.63, 3.8) is 0 Å². The number of nitrogens with one attached hydrogen (secondary N) is 2. The normalized spacial score (nSPS) is 15.8. The Morgan fingerprint density at radius 1 is 1.47 bits per heavy atom. The second kappa shape index (κ2) is 5.92. The lowest BCUT2D eigenvalue weighted by molar-refractivity contribution is 0.812. The molecule has 0 saturated heterocycles. The highest BCUT2D eigenvalue weighted by molar-refractivity contribution is 6.30. The third-order valence-electron chi connectivity index (χ3n) is 2.57. The maximum Gasteiger partial charge on any atom is 0.191 e. The third kappa shape index (κ3) is 4.27. The van der Waals surface area contributed by atoms with E-state index in [2.05, 4.69) is 22.5 Å². The molecule has 0 radical (unpaired) electrons. The third-order valence-corrected chi connectivity index (χ3v) is 2.81. The van der Waals surface area contributed by atoms with Crippen LogP contribution in [0.15, 0.2) is 29.3 Å². The monoisotopic (exact) mass is 251 g/mol. The van der Waals surface area contributed by atoms with E-state index in [1.54, 1.807) is 0 Å². The standard InChI is InChI=1S/C13H18ClN3/c1-2-15-13(17-12-6-7-12)16-9-10-4-3-5-11(14)8-10/h3-5,8,12H,2,6-7,9H2,1H3,(H2,15,16,17). The van der Waals surface area contributed by atoms with Crippen molar-refractivity contribution in [3.05, 3.63) is 34.9 Å². The molecule has 0 unspecified atom stereocenters. The number of halogens is 1. The van der Waals surface area contributed by atoms with Crippen LogP contribution < -0.4 is 10.6 Å². The summed E-state index contributed by atoms with van der Waals surface area (Å²) >= 11 is 5.94. The van der Waals surface area contributed by atoms with Crippen LogP contribution in [0, 0.1) is 0 Å². The van der Waals surface area contributed by atoms with E-state index in [1.165, 1.54) is 12.8 Å². The number of hydrogen-bond donors (Lipinski definition) is 2. The minimum atomic E-state index is 0.618. The van der Waals surface area contributed by atoms with Crippen LogP contribution in [0.25, 0.3) is 0 Å². The van der Waals surface area contributed by atoms with Gasteiger partial charge in [-0.3, -0.25) is 0 Å². The minimum Gasteiger partial charge on any atom is -0.357 e. The van der Waals surface area contributed by atoms with Crippen LogP contribution in [0.5, 0.6) is 0 Å². The maximum absolute atomic E-state index is 5.94. The van der Waals surface area contributed by atoms with Gasteiger partial charge >= 0.3 is 0 Å². The van der Waals surface area contributed by atoms with Crippen molar-refractivity contribution < 1.29 is 0 Å². The van der Waals surface area contributed by atoms with Crippen LogP contribution in [-0.2, 0) is 6.54 Å². The van der Waals surface area contributed by atoms with E-state index in [4.69, 9.17) is 11.6 Å². The predicted molar refractivity (Wildman–Crippen MR) is 72.4 cm³/mol. The minimum absolute atomic E-state index is 0.618. The molecule has 4 heteroatoms. The van der Waals surface area contributed by atoms with Crippen molar-refractivity contribution in [2.24, 2.45) is 4.99 Å². The molecule has 3 nitrogen and oxygen atoms in total. The Bertz CT molecular complexity index is 399. The molecule has 0 amide bonds. The molecule has 17 heavy (non-hydrogen) atoms. The average Bonchev–Trinajstić information content (AvgIpc) is 3.10. The quantitative estimate of drug-likeness (QED) is 0.637. The molecule has 0 spiro atoms. The molecule has 1 aliphatic rings. The molecule has 92 valence electrons. The number of benzene rings is 1. The van der Waals surface area contributed by atoms with Crippen molar-refractivity contribution in [1.29, 1.82) is 0 Å². The molecule has 0 atom stereocenters. The zero-order chi connectivity index (χ0) is 12.1. The Morgan fingerprint density at radius 2 is 2.29 bits per heavy atom. The van der Waals surface area contributed by atoms with Gasteiger partial charge in [0.1, 0.15) is 0 Å². The van der Waals surface area contributed by atoms with Crippen LogP contribution >= 0.6 is 11.6 Å². The molecular formula is C13H18ClN3. The molecule has 0 bridgehead atoms. The second-order valence-electron chi connectivity index (χ2n) is 4.24. The largest absolute Gasteiger partial charge is 0.357 e. The highest BCUT2D eigenvalue weighted by Crippen LogP contribution is 2.18. The van der Waals surface area contributed by atoms with Gasteiger partial charge in [-0.2, -0.15) is 0 Å². The molecule has 1 aromatic carbocycles. The molecule has 2 rings (SSSR count). The lowest BCUT2D eigenvalue weighted by Gasteiger charge is -2.10. The number of guanidine groups is 1. The number of aliphatic imine (C=N–C) groups is 1. The average molecular weight is 252 g/mol. The summed E-state index contributed by atoms with van der Waals surface area (Å²) in [6, 6.07) is 8.44. The van der Waals surface area contributed by atoms with Gasteiger partial charge in [-0.05, 0) is 37.5 Å². The maximum atomic E-state index is 5.94. The van der Waals surface area contributed by atoms with E-state index in [0.29, 0.717) is 12.6 Å². The first kappa shape index (κ1) is 12.2. The van der Waals surface area contributed by atoms with Crippen LogP contribution in [0.4, 0.5) is 0 Å². The molecular weight excluding hydrogens is 234 g/mol. The fraction of sp³-hybridized carbons (Fsp3) is 0.462. The van der Waals surface area contributed by atoms with Gasteiger partial charge in [0, 0.05) is 17.6 Å². The van der Waals surface area contributed by atoms with Gasteiger partial charge < -0.3 is 10.6 Å². The summed E-state index contributed by atoms with van der Waals surface area (Å²) < 4.78 is 0. The predicted octanol–water partition coefficient (Wildman–Crippen LogP) is 2.56. The molecule has 1 fully saturated rings. The summed E-state index contributed by atoms with van der Waals surface area (Å²) in [4.78, 5) is 4.54. The van der Waals surface area contributed by atoms with E-state index < -0.39 is 0 Å². The van der Waals surface area contributed by atoms with Gasteiger partial charge in [0.25, 0.3) is 0 Å². The van der Waals surface area contributed by atoms with Crippen LogP contribution in [0.3, 0.4) is 0 Å². The molecule has 0 aromatic heterocycles. The van der Waals surface area contributed by atoms with Gasteiger partial charge in [-0.25, -0.2) is 4.99 Å². The van der Waals surface area contributed by atoms with Crippen LogP contribution in [-0.4, -0.2) is 18.5 Å². The Balaban J connectivity index is 1.95. The second-order valence-corrected chi connectivity index (χ2v) is 4.68. The summed E-state index contributed by atoms with van der Waals surface area (Å²) in [6.07, 6.45) is 2.50. The van der Waals surface area contributed by atoms with E-state index in [9.17, 15) is 0 Å². The fourth-order valence-electron chi connectivity index (χ4n) is 1.55. The summed E-state index contributed by atoms with van der Waals surface area (Å²) in [5.41, 5.74) is 1.13. The Hall–Kier alpha value is -1.22.